The van der Waals surface area contributed by atoms with Crippen LogP contribution in [-0.4, -0.2) is 14.2 Å². The maximum absolute atomic E-state index is 5.86. The number of methoxy groups -OCH3 is 1. The fourth-order valence-electron chi connectivity index (χ4n) is 2.63. The van der Waals surface area contributed by atoms with Gasteiger partial charge in [-0.1, -0.05) is 36.4 Å². The summed E-state index contributed by atoms with van der Waals surface area (Å²) < 4.78 is 11.0. The Morgan fingerprint density at radius 1 is 1.05 bits per heavy atom. The lowest BCUT2D eigenvalue weighted by Gasteiger charge is -2.15. The van der Waals surface area contributed by atoms with Gasteiger partial charge in [-0.3, -0.25) is 0 Å². The summed E-state index contributed by atoms with van der Waals surface area (Å²) in [6.45, 7) is 0.494. The standard InChI is InChI=1S/C18H19NO2/c1-19-18(17-10-9-16(21-17)12-20-2)15-8-7-13-5-3-4-6-14(13)11-15/h3-11,18-19H,12H2,1-2H3. The molecule has 1 atom stereocenters. The van der Waals surface area contributed by atoms with Crippen LogP contribution < -0.4 is 5.32 Å². The molecule has 0 amide bonds. The minimum absolute atomic E-state index is 0.0419. The topological polar surface area (TPSA) is 34.4 Å². The van der Waals surface area contributed by atoms with Crippen molar-refractivity contribution in [1.29, 1.82) is 0 Å². The van der Waals surface area contributed by atoms with Crippen molar-refractivity contribution < 1.29 is 9.15 Å². The lowest BCUT2D eigenvalue weighted by molar-refractivity contribution is 0.162. The highest BCUT2D eigenvalue weighted by Gasteiger charge is 2.16. The third-order valence-electron chi connectivity index (χ3n) is 3.65. The summed E-state index contributed by atoms with van der Waals surface area (Å²) in [5, 5.41) is 5.80. The van der Waals surface area contributed by atoms with Crippen LogP contribution in [0.25, 0.3) is 10.8 Å². The first-order valence-corrected chi connectivity index (χ1v) is 7.05. The molecule has 0 saturated carbocycles. The van der Waals surface area contributed by atoms with Gasteiger partial charge in [0.15, 0.2) is 0 Å². The molecule has 0 aliphatic rings. The molecule has 3 rings (SSSR count). The van der Waals surface area contributed by atoms with Crippen LogP contribution in [0.1, 0.15) is 23.1 Å². The van der Waals surface area contributed by atoms with Crippen molar-refractivity contribution in [3.63, 3.8) is 0 Å². The Bertz CT molecular complexity index is 733. The molecule has 3 heteroatoms. The molecule has 0 radical (unpaired) electrons. The van der Waals surface area contributed by atoms with Gasteiger partial charge in [-0.25, -0.2) is 0 Å². The van der Waals surface area contributed by atoms with Crippen molar-refractivity contribution in [2.75, 3.05) is 14.2 Å². The summed E-state index contributed by atoms with van der Waals surface area (Å²) in [4.78, 5) is 0. The molecule has 108 valence electrons. The number of nitrogens with one attached hydrogen (secondary N) is 1. The molecular formula is C18H19NO2. The van der Waals surface area contributed by atoms with E-state index in [0.717, 1.165) is 11.5 Å². The minimum atomic E-state index is 0.0419. The van der Waals surface area contributed by atoms with Gasteiger partial charge in [0, 0.05) is 7.11 Å². The number of fused-ring (bicyclic) bond motifs is 1. The van der Waals surface area contributed by atoms with Gasteiger partial charge in [0.05, 0.1) is 6.04 Å². The Labute approximate surface area is 124 Å². The van der Waals surface area contributed by atoms with Crippen LogP contribution in [0.15, 0.2) is 59.0 Å². The summed E-state index contributed by atoms with van der Waals surface area (Å²) in [5.74, 6) is 1.74. The van der Waals surface area contributed by atoms with Crippen LogP contribution in [0.5, 0.6) is 0 Å². The molecule has 3 aromatic rings. The van der Waals surface area contributed by atoms with Crippen molar-refractivity contribution in [3.05, 3.63) is 71.7 Å². The zero-order valence-electron chi connectivity index (χ0n) is 12.3. The van der Waals surface area contributed by atoms with Gasteiger partial charge < -0.3 is 14.5 Å². The first-order valence-electron chi connectivity index (χ1n) is 7.05. The largest absolute Gasteiger partial charge is 0.462 e. The second-order valence-corrected chi connectivity index (χ2v) is 5.07. The van der Waals surface area contributed by atoms with Crippen LogP contribution in [-0.2, 0) is 11.3 Å². The third-order valence-corrected chi connectivity index (χ3v) is 3.65. The predicted octanol–water partition coefficient (Wildman–Crippen LogP) is 3.89. The third kappa shape index (κ3) is 2.84. The van der Waals surface area contributed by atoms with Crippen molar-refractivity contribution in [2.45, 2.75) is 12.6 Å². The highest BCUT2D eigenvalue weighted by atomic mass is 16.5. The smallest absolute Gasteiger partial charge is 0.129 e. The minimum Gasteiger partial charge on any atom is -0.462 e. The van der Waals surface area contributed by atoms with E-state index in [1.165, 1.54) is 16.3 Å². The second-order valence-electron chi connectivity index (χ2n) is 5.07. The van der Waals surface area contributed by atoms with Crippen molar-refractivity contribution >= 4 is 10.8 Å². The van der Waals surface area contributed by atoms with E-state index < -0.39 is 0 Å². The van der Waals surface area contributed by atoms with Gasteiger partial charge >= 0.3 is 0 Å². The Morgan fingerprint density at radius 2 is 1.86 bits per heavy atom. The summed E-state index contributed by atoms with van der Waals surface area (Å²) in [7, 11) is 3.61. The van der Waals surface area contributed by atoms with Crippen LogP contribution in [0.4, 0.5) is 0 Å². The van der Waals surface area contributed by atoms with Gasteiger partial charge in [-0.15, -0.1) is 0 Å². The molecule has 1 unspecified atom stereocenters. The molecule has 0 fully saturated rings. The number of hydrogen-bond donors (Lipinski definition) is 1. The Hall–Kier alpha value is -2.10. The van der Waals surface area contributed by atoms with Gasteiger partial charge in [-0.2, -0.15) is 0 Å². The van der Waals surface area contributed by atoms with Gasteiger partial charge in [0.2, 0.25) is 0 Å². The Balaban J connectivity index is 1.96. The number of benzene rings is 2. The van der Waals surface area contributed by atoms with Crippen molar-refractivity contribution in [1.82, 2.24) is 5.32 Å². The molecule has 0 bridgehead atoms. The first-order chi connectivity index (χ1) is 10.3. The first kappa shape index (κ1) is 13.9. The molecule has 1 aromatic heterocycles. The highest BCUT2D eigenvalue weighted by Crippen LogP contribution is 2.26. The summed E-state index contributed by atoms with van der Waals surface area (Å²) in [5.41, 5.74) is 1.19. The normalized spacial score (nSPS) is 12.7. The van der Waals surface area contributed by atoms with E-state index in [9.17, 15) is 0 Å². The van der Waals surface area contributed by atoms with Crippen LogP contribution in [0.3, 0.4) is 0 Å². The number of ether oxygens (including phenoxy) is 1. The highest BCUT2D eigenvalue weighted by molar-refractivity contribution is 5.83. The summed E-state index contributed by atoms with van der Waals surface area (Å²) in [6.07, 6.45) is 0. The van der Waals surface area contributed by atoms with Crippen molar-refractivity contribution in [3.8, 4) is 0 Å². The van der Waals surface area contributed by atoms with Gasteiger partial charge in [0.1, 0.15) is 18.1 Å². The number of furan rings is 1. The average Bonchev–Trinajstić information content (AvgIpc) is 2.97. The van der Waals surface area contributed by atoms with E-state index in [1.807, 2.05) is 19.2 Å². The molecule has 3 nitrogen and oxygen atoms in total. The fraction of sp³-hybridized carbons (Fsp3) is 0.222. The van der Waals surface area contributed by atoms with E-state index in [0.29, 0.717) is 6.61 Å². The molecule has 0 spiro atoms. The monoisotopic (exact) mass is 281 g/mol. The molecule has 21 heavy (non-hydrogen) atoms. The molecule has 1 N–H and O–H groups in total. The molecule has 2 aromatic carbocycles. The average molecular weight is 281 g/mol. The van der Waals surface area contributed by atoms with Crippen LogP contribution in [0, 0.1) is 0 Å². The SMILES string of the molecule is CNC(c1ccc2ccccc2c1)c1ccc(COC)o1. The van der Waals surface area contributed by atoms with Crippen LogP contribution >= 0.6 is 0 Å². The predicted molar refractivity (Wildman–Crippen MR) is 84.3 cm³/mol. The molecule has 1 heterocycles. The second kappa shape index (κ2) is 6.12. The van der Waals surface area contributed by atoms with Gasteiger partial charge in [-0.05, 0) is 41.6 Å². The van der Waals surface area contributed by atoms with Gasteiger partial charge in [0.25, 0.3) is 0 Å². The van der Waals surface area contributed by atoms with E-state index in [-0.39, 0.29) is 6.04 Å². The Morgan fingerprint density at radius 3 is 2.62 bits per heavy atom. The Kier molecular flexibility index (Phi) is 4.04. The maximum Gasteiger partial charge on any atom is 0.129 e. The quantitative estimate of drug-likeness (QED) is 0.770. The molecule has 0 aliphatic heterocycles. The molecule has 0 aliphatic carbocycles. The zero-order valence-corrected chi connectivity index (χ0v) is 12.3. The lowest BCUT2D eigenvalue weighted by atomic mass is 10.0. The van der Waals surface area contributed by atoms with E-state index in [4.69, 9.17) is 9.15 Å². The van der Waals surface area contributed by atoms with E-state index in [1.54, 1.807) is 7.11 Å². The molecular weight excluding hydrogens is 262 g/mol. The van der Waals surface area contributed by atoms with Crippen LogP contribution in [0.2, 0.25) is 0 Å². The fourth-order valence-corrected chi connectivity index (χ4v) is 2.63. The lowest BCUT2D eigenvalue weighted by Crippen LogP contribution is -2.16. The van der Waals surface area contributed by atoms with Crippen molar-refractivity contribution in [2.24, 2.45) is 0 Å². The molecule has 0 saturated heterocycles. The maximum atomic E-state index is 5.86. The van der Waals surface area contributed by atoms with E-state index >= 15 is 0 Å². The van der Waals surface area contributed by atoms with E-state index in [2.05, 4.69) is 47.8 Å². The number of rotatable bonds is 5. The summed E-state index contributed by atoms with van der Waals surface area (Å²) in [6, 6.07) is 18.9. The summed E-state index contributed by atoms with van der Waals surface area (Å²) >= 11 is 0. The number of hydrogen-bond acceptors (Lipinski definition) is 3. The zero-order chi connectivity index (χ0) is 14.7.